The van der Waals surface area contributed by atoms with Gasteiger partial charge in [0, 0.05) is 0 Å². The minimum atomic E-state index is 0.272. The van der Waals surface area contributed by atoms with Gasteiger partial charge in [-0.2, -0.15) is 0 Å². The molecular formula is C11H16BBr. The first kappa shape index (κ1) is 11.0. The molecule has 0 fully saturated rings. The molecule has 0 amide bonds. The third kappa shape index (κ3) is 2.94. The molecule has 0 saturated heterocycles. The Balaban J connectivity index is 2.95. The molecule has 2 heteroatoms. The van der Waals surface area contributed by atoms with Gasteiger partial charge in [0.25, 0.3) is 0 Å². The third-order valence-electron chi connectivity index (χ3n) is 2.33. The quantitative estimate of drug-likeness (QED) is 0.487. The van der Waals surface area contributed by atoms with E-state index in [1.165, 1.54) is 11.0 Å². The van der Waals surface area contributed by atoms with Crippen molar-refractivity contribution in [3.8, 4) is 0 Å². The van der Waals surface area contributed by atoms with Crippen LogP contribution in [0.15, 0.2) is 23.2 Å². The maximum atomic E-state index is 3.80. The maximum absolute atomic E-state index is 3.80. The summed E-state index contributed by atoms with van der Waals surface area (Å²) in [6.07, 6.45) is 5.58. The van der Waals surface area contributed by atoms with Gasteiger partial charge >= 0.3 is 90.0 Å². The van der Waals surface area contributed by atoms with Gasteiger partial charge in [0.1, 0.15) is 0 Å². The van der Waals surface area contributed by atoms with Gasteiger partial charge in [-0.05, 0) is 0 Å². The van der Waals surface area contributed by atoms with Crippen molar-refractivity contribution in [2.24, 2.45) is 5.41 Å². The Kier molecular flexibility index (Phi) is 3.34. The van der Waals surface area contributed by atoms with Crippen LogP contribution in [0.1, 0.15) is 27.2 Å². The Morgan fingerprint density at radius 2 is 2.15 bits per heavy atom. The number of rotatable bonds is 1. The molecule has 0 saturated carbocycles. The second kappa shape index (κ2) is 3.95. The van der Waals surface area contributed by atoms with Crippen LogP contribution in [-0.4, -0.2) is 18.2 Å². The summed E-state index contributed by atoms with van der Waals surface area (Å²) in [7, 11) is 0. The molecule has 0 nitrogen and oxygen atoms in total. The summed E-state index contributed by atoms with van der Waals surface area (Å²) in [5, 5.41) is 0. The van der Waals surface area contributed by atoms with Gasteiger partial charge in [-0.25, -0.2) is 0 Å². The van der Waals surface area contributed by atoms with Crippen LogP contribution in [0.3, 0.4) is 0 Å². The van der Waals surface area contributed by atoms with Crippen molar-refractivity contribution in [1.82, 2.24) is 0 Å². The van der Waals surface area contributed by atoms with Crippen LogP contribution in [-0.2, 0) is 0 Å². The minimum absolute atomic E-state index is 0.272. The van der Waals surface area contributed by atoms with Crippen molar-refractivity contribution >= 4 is 29.3 Å². The summed E-state index contributed by atoms with van der Waals surface area (Å²) in [5.41, 5.74) is 3.00. The van der Waals surface area contributed by atoms with Crippen molar-refractivity contribution in [3.05, 3.63) is 23.2 Å². The molecule has 1 atom stereocenters. The van der Waals surface area contributed by atoms with Gasteiger partial charge in [0.15, 0.2) is 0 Å². The molecule has 1 rings (SSSR count). The molecule has 0 heterocycles. The Labute approximate surface area is 90.1 Å². The van der Waals surface area contributed by atoms with Gasteiger partial charge in [0.2, 0.25) is 0 Å². The predicted octanol–water partition coefficient (Wildman–Crippen LogP) is 3.15. The number of alkyl halides is 1. The average molecular weight is 239 g/mol. The number of allylic oxidation sites excluding steroid dienone is 4. The summed E-state index contributed by atoms with van der Waals surface area (Å²) >= 11 is 3.64. The zero-order chi connectivity index (χ0) is 10.1. The summed E-state index contributed by atoms with van der Waals surface area (Å²) in [5.74, 6) is 0. The number of hydrogen-bond acceptors (Lipinski definition) is 0. The fourth-order valence-electron chi connectivity index (χ4n) is 1.44. The van der Waals surface area contributed by atoms with Crippen LogP contribution >= 0.6 is 15.9 Å². The van der Waals surface area contributed by atoms with E-state index in [9.17, 15) is 0 Å². The van der Waals surface area contributed by atoms with E-state index in [1.54, 1.807) is 0 Å². The van der Waals surface area contributed by atoms with E-state index >= 15 is 0 Å². The normalized spacial score (nSPS) is 23.2. The second-order valence-electron chi connectivity index (χ2n) is 4.51. The Bertz CT molecular complexity index is 268. The van der Waals surface area contributed by atoms with Crippen molar-refractivity contribution in [3.63, 3.8) is 0 Å². The van der Waals surface area contributed by atoms with Crippen LogP contribution in [0.4, 0.5) is 0 Å². The molecular weight excluding hydrogens is 223 g/mol. The summed E-state index contributed by atoms with van der Waals surface area (Å²) in [4.78, 5) is 0.472. The van der Waals surface area contributed by atoms with E-state index in [-0.39, 0.29) is 5.41 Å². The molecule has 13 heavy (non-hydrogen) atoms. The predicted molar refractivity (Wildman–Crippen MR) is 65.8 cm³/mol. The molecule has 1 unspecified atom stereocenters. The van der Waals surface area contributed by atoms with E-state index in [2.05, 4.69) is 55.3 Å². The molecule has 0 radical (unpaired) electrons. The summed E-state index contributed by atoms with van der Waals surface area (Å²) in [6, 6.07) is 0. The van der Waals surface area contributed by atoms with E-state index in [1.807, 2.05) is 6.92 Å². The van der Waals surface area contributed by atoms with Crippen molar-refractivity contribution in [2.75, 3.05) is 0 Å². The monoisotopic (exact) mass is 238 g/mol. The first-order valence-corrected chi connectivity index (χ1v) is 5.54. The molecule has 1 aliphatic rings. The molecule has 1 aliphatic carbocycles. The second-order valence-corrected chi connectivity index (χ2v) is 5.69. The average Bonchev–Trinajstić information content (AvgIpc) is 2.01. The Morgan fingerprint density at radius 1 is 1.54 bits per heavy atom. The first-order valence-electron chi connectivity index (χ1n) is 4.63. The number of hydrogen-bond donors (Lipinski definition) is 0. The molecule has 0 spiro atoms. The van der Waals surface area contributed by atoms with Crippen LogP contribution in [0.2, 0.25) is 0 Å². The molecule has 70 valence electrons. The summed E-state index contributed by atoms with van der Waals surface area (Å²) < 4.78 is 0. The van der Waals surface area contributed by atoms with E-state index < -0.39 is 0 Å². The standard InChI is InChI=1S/C11H16BBr/c1-11(2,3)8-5-9(12-4)7-10(13)6-8/h5,7,10H,4,6H2,1-3H3. The van der Waals surface area contributed by atoms with Gasteiger partial charge in [-0.3, -0.25) is 0 Å². The van der Waals surface area contributed by atoms with Crippen LogP contribution < -0.4 is 0 Å². The Hall–Kier alpha value is -0.105. The van der Waals surface area contributed by atoms with Gasteiger partial charge in [0.05, 0.1) is 0 Å². The zero-order valence-corrected chi connectivity index (χ0v) is 10.2. The molecule has 0 aromatic carbocycles. The van der Waals surface area contributed by atoms with Crippen LogP contribution in [0.25, 0.3) is 0 Å². The van der Waals surface area contributed by atoms with E-state index in [0.717, 1.165) is 6.42 Å². The van der Waals surface area contributed by atoms with E-state index in [0.29, 0.717) is 4.83 Å². The molecule has 0 aromatic rings. The van der Waals surface area contributed by atoms with E-state index in [4.69, 9.17) is 0 Å². The van der Waals surface area contributed by atoms with Crippen LogP contribution in [0, 0.1) is 5.41 Å². The zero-order valence-electron chi connectivity index (χ0n) is 8.60. The SMILES string of the molecule is C=BC1=CC(Br)CC(C(C)(C)C)=C1. The molecule has 0 N–H and O–H groups in total. The van der Waals surface area contributed by atoms with Crippen molar-refractivity contribution in [1.29, 1.82) is 0 Å². The molecule has 0 aliphatic heterocycles. The first-order chi connectivity index (χ1) is 5.93. The van der Waals surface area contributed by atoms with Gasteiger partial charge in [-0.15, -0.1) is 0 Å². The van der Waals surface area contributed by atoms with Gasteiger partial charge in [-0.1, -0.05) is 0 Å². The third-order valence-corrected chi connectivity index (χ3v) is 2.92. The summed E-state index contributed by atoms with van der Waals surface area (Å²) in [6.45, 7) is 12.5. The van der Waals surface area contributed by atoms with Crippen molar-refractivity contribution < 1.29 is 0 Å². The molecule has 0 aromatic heterocycles. The van der Waals surface area contributed by atoms with Crippen molar-refractivity contribution in [2.45, 2.75) is 32.0 Å². The van der Waals surface area contributed by atoms with Crippen LogP contribution in [0.5, 0.6) is 0 Å². The Morgan fingerprint density at radius 3 is 2.62 bits per heavy atom. The fraction of sp³-hybridized carbons (Fsp3) is 0.545. The number of halogens is 1. The fourth-order valence-corrected chi connectivity index (χ4v) is 2.09. The van der Waals surface area contributed by atoms with Gasteiger partial charge < -0.3 is 0 Å². The molecule has 0 bridgehead atoms. The topological polar surface area (TPSA) is 0 Å².